The van der Waals surface area contributed by atoms with Gasteiger partial charge >= 0.3 is 0 Å². The Bertz CT molecular complexity index is 361. The number of piperazine rings is 1. The minimum atomic E-state index is -0.0368. The van der Waals surface area contributed by atoms with Gasteiger partial charge in [0.15, 0.2) is 0 Å². The zero-order chi connectivity index (χ0) is 11.4. The van der Waals surface area contributed by atoms with Crippen LogP contribution in [0.15, 0.2) is 24.3 Å². The normalized spacial score (nSPS) is 19.2. The molecule has 1 aromatic carbocycles. The predicted octanol–water partition coefficient (Wildman–Crippen LogP) is 1.30. The van der Waals surface area contributed by atoms with Crippen molar-refractivity contribution in [3.8, 4) is 0 Å². The molecule has 1 atom stereocenters. The second-order valence-corrected chi connectivity index (χ2v) is 4.01. The quantitative estimate of drug-likeness (QED) is 0.747. The fourth-order valence-electron chi connectivity index (χ4n) is 1.89. The van der Waals surface area contributed by atoms with Gasteiger partial charge in [-0.15, -0.1) is 12.4 Å². The maximum absolute atomic E-state index is 10.9. The van der Waals surface area contributed by atoms with Gasteiger partial charge in [0.2, 0.25) is 5.91 Å². The van der Waals surface area contributed by atoms with Crippen molar-refractivity contribution in [1.29, 1.82) is 0 Å². The Morgan fingerprint density at radius 1 is 1.29 bits per heavy atom. The van der Waals surface area contributed by atoms with Crippen molar-refractivity contribution in [1.82, 2.24) is 10.6 Å². The van der Waals surface area contributed by atoms with Crippen LogP contribution >= 0.6 is 12.4 Å². The Kier molecular flexibility index (Phi) is 5.41. The van der Waals surface area contributed by atoms with E-state index in [9.17, 15) is 4.79 Å². The lowest BCUT2D eigenvalue weighted by Gasteiger charge is -2.24. The molecule has 1 aliphatic rings. The van der Waals surface area contributed by atoms with Crippen molar-refractivity contribution in [3.63, 3.8) is 0 Å². The summed E-state index contributed by atoms with van der Waals surface area (Å²) >= 11 is 0. The van der Waals surface area contributed by atoms with Crippen LogP contribution < -0.4 is 16.0 Å². The molecule has 3 N–H and O–H groups in total. The number of hydrogen-bond donors (Lipinski definition) is 3. The molecule has 1 heterocycles. The molecule has 5 heteroatoms. The van der Waals surface area contributed by atoms with Gasteiger partial charge in [-0.1, -0.05) is 12.1 Å². The van der Waals surface area contributed by atoms with Gasteiger partial charge in [-0.2, -0.15) is 0 Å². The van der Waals surface area contributed by atoms with Gasteiger partial charge in [-0.25, -0.2) is 0 Å². The lowest BCUT2D eigenvalue weighted by atomic mass is 10.1. The van der Waals surface area contributed by atoms with Crippen molar-refractivity contribution in [2.75, 3.05) is 25.0 Å². The van der Waals surface area contributed by atoms with Gasteiger partial charge in [0, 0.05) is 38.3 Å². The third-order valence-corrected chi connectivity index (χ3v) is 2.67. The summed E-state index contributed by atoms with van der Waals surface area (Å²) in [5, 5.41) is 9.55. The summed E-state index contributed by atoms with van der Waals surface area (Å²) in [6, 6.07) is 8.35. The molecule has 17 heavy (non-hydrogen) atoms. The monoisotopic (exact) mass is 255 g/mol. The third kappa shape index (κ3) is 4.00. The molecule has 0 aliphatic carbocycles. The van der Waals surface area contributed by atoms with E-state index >= 15 is 0 Å². The Morgan fingerprint density at radius 3 is 2.53 bits per heavy atom. The molecule has 1 aliphatic heterocycles. The van der Waals surface area contributed by atoms with Gasteiger partial charge in [0.1, 0.15) is 0 Å². The van der Waals surface area contributed by atoms with Crippen LogP contribution in [0.1, 0.15) is 18.5 Å². The van der Waals surface area contributed by atoms with Crippen LogP contribution in [-0.2, 0) is 4.79 Å². The first kappa shape index (κ1) is 14.0. The molecule has 4 nitrogen and oxygen atoms in total. The van der Waals surface area contributed by atoms with Gasteiger partial charge in [-0.05, 0) is 17.7 Å². The number of amides is 1. The predicted molar refractivity (Wildman–Crippen MR) is 71.6 cm³/mol. The molecule has 1 saturated heterocycles. The summed E-state index contributed by atoms with van der Waals surface area (Å²) in [6.07, 6.45) is 0. The number of nitrogens with one attached hydrogen (secondary N) is 3. The summed E-state index contributed by atoms with van der Waals surface area (Å²) < 4.78 is 0. The van der Waals surface area contributed by atoms with E-state index in [-0.39, 0.29) is 18.3 Å². The zero-order valence-electron chi connectivity index (χ0n) is 9.82. The molecule has 0 bridgehead atoms. The molecule has 2 rings (SSSR count). The molecule has 0 radical (unpaired) electrons. The fraction of sp³-hybridized carbons (Fsp3) is 0.417. The number of hydrogen-bond acceptors (Lipinski definition) is 3. The average molecular weight is 256 g/mol. The second-order valence-electron chi connectivity index (χ2n) is 4.01. The highest BCUT2D eigenvalue weighted by atomic mass is 35.5. The van der Waals surface area contributed by atoms with Crippen LogP contribution in [0.25, 0.3) is 0 Å². The van der Waals surface area contributed by atoms with Crippen LogP contribution in [0.5, 0.6) is 0 Å². The maximum atomic E-state index is 10.9. The fourth-order valence-corrected chi connectivity index (χ4v) is 1.89. The summed E-state index contributed by atoms with van der Waals surface area (Å²) in [5.41, 5.74) is 2.10. The molecule has 1 aromatic rings. The van der Waals surface area contributed by atoms with Crippen molar-refractivity contribution >= 4 is 24.0 Å². The number of anilines is 1. The Balaban J connectivity index is 0.00000144. The summed E-state index contributed by atoms with van der Waals surface area (Å²) in [5.74, 6) is -0.0368. The zero-order valence-corrected chi connectivity index (χ0v) is 10.6. The van der Waals surface area contributed by atoms with E-state index < -0.39 is 0 Å². The molecular weight excluding hydrogens is 238 g/mol. The molecule has 94 valence electrons. The number of halogens is 1. The maximum Gasteiger partial charge on any atom is 0.221 e. The molecular formula is C12H18ClN3O. The number of carbonyl (C=O) groups is 1. The van der Waals surface area contributed by atoms with Crippen LogP contribution in [0.3, 0.4) is 0 Å². The van der Waals surface area contributed by atoms with Crippen LogP contribution in [0, 0.1) is 0 Å². The Morgan fingerprint density at radius 2 is 2.00 bits per heavy atom. The standard InChI is InChI=1S/C12H17N3O.ClH/c1-9(16)15-11-4-2-10(3-5-11)12-8-13-6-7-14-12;/h2-5,12-14H,6-8H2,1H3,(H,15,16);1H/t12-;/m1./s1. The average Bonchev–Trinajstić information content (AvgIpc) is 2.30. The molecule has 0 aromatic heterocycles. The first-order valence-electron chi connectivity index (χ1n) is 5.57. The van der Waals surface area contributed by atoms with E-state index in [0.717, 1.165) is 25.3 Å². The Hall–Kier alpha value is -1.10. The van der Waals surface area contributed by atoms with Gasteiger partial charge in [-0.3, -0.25) is 4.79 Å². The lowest BCUT2D eigenvalue weighted by Crippen LogP contribution is -2.42. The topological polar surface area (TPSA) is 53.2 Å². The number of carbonyl (C=O) groups excluding carboxylic acids is 1. The molecule has 1 amide bonds. The summed E-state index contributed by atoms with van der Waals surface area (Å²) in [7, 11) is 0. The van der Waals surface area contributed by atoms with E-state index in [2.05, 4.69) is 28.1 Å². The van der Waals surface area contributed by atoms with E-state index in [0.29, 0.717) is 6.04 Å². The van der Waals surface area contributed by atoms with Crippen LogP contribution in [0.2, 0.25) is 0 Å². The molecule has 0 spiro atoms. The first-order valence-corrected chi connectivity index (χ1v) is 5.57. The van der Waals surface area contributed by atoms with E-state index in [1.165, 1.54) is 12.5 Å². The second kappa shape index (κ2) is 6.59. The van der Waals surface area contributed by atoms with Gasteiger partial charge in [0.05, 0.1) is 0 Å². The van der Waals surface area contributed by atoms with Crippen LogP contribution in [0.4, 0.5) is 5.69 Å². The van der Waals surface area contributed by atoms with Gasteiger partial charge < -0.3 is 16.0 Å². The van der Waals surface area contributed by atoms with Crippen molar-refractivity contribution in [2.45, 2.75) is 13.0 Å². The van der Waals surface area contributed by atoms with Gasteiger partial charge in [0.25, 0.3) is 0 Å². The van der Waals surface area contributed by atoms with E-state index in [1.54, 1.807) is 0 Å². The summed E-state index contributed by atoms with van der Waals surface area (Å²) in [4.78, 5) is 10.9. The molecule has 0 unspecified atom stereocenters. The minimum Gasteiger partial charge on any atom is -0.326 e. The lowest BCUT2D eigenvalue weighted by molar-refractivity contribution is -0.114. The number of rotatable bonds is 2. The highest BCUT2D eigenvalue weighted by Gasteiger charge is 2.13. The SMILES string of the molecule is CC(=O)Nc1ccc([C@H]2CNCCN2)cc1.Cl. The van der Waals surface area contributed by atoms with Crippen LogP contribution in [-0.4, -0.2) is 25.5 Å². The molecule has 1 fully saturated rings. The van der Waals surface area contributed by atoms with Crippen molar-refractivity contribution in [2.24, 2.45) is 0 Å². The minimum absolute atomic E-state index is 0. The molecule has 0 saturated carbocycles. The summed E-state index contributed by atoms with van der Waals surface area (Å²) in [6.45, 7) is 4.50. The highest BCUT2D eigenvalue weighted by molar-refractivity contribution is 5.88. The smallest absolute Gasteiger partial charge is 0.221 e. The van der Waals surface area contributed by atoms with E-state index in [1.807, 2.05) is 12.1 Å². The Labute approximate surface area is 108 Å². The van der Waals surface area contributed by atoms with Crippen molar-refractivity contribution < 1.29 is 4.79 Å². The van der Waals surface area contributed by atoms with Crippen molar-refractivity contribution in [3.05, 3.63) is 29.8 Å². The highest BCUT2D eigenvalue weighted by Crippen LogP contribution is 2.16. The largest absolute Gasteiger partial charge is 0.326 e. The van der Waals surface area contributed by atoms with E-state index in [4.69, 9.17) is 0 Å². The first-order chi connectivity index (χ1) is 7.75. The third-order valence-electron chi connectivity index (χ3n) is 2.67. The number of benzene rings is 1.